The molecule has 0 aromatic heterocycles. The van der Waals surface area contributed by atoms with Crippen molar-refractivity contribution in [2.45, 2.75) is 57.3 Å². The lowest BCUT2D eigenvalue weighted by atomic mass is 9.77. The molecule has 1 aliphatic carbocycles. The highest BCUT2D eigenvalue weighted by molar-refractivity contribution is 5.23. The second-order valence-electron chi connectivity index (χ2n) is 5.93. The molecule has 0 atom stereocenters. The molecule has 1 nitrogen and oxygen atoms in total. The molecule has 1 fully saturated rings. The number of aliphatic hydroxyl groups is 1. The molecule has 0 spiro atoms. The molecule has 0 radical (unpaired) electrons. The van der Waals surface area contributed by atoms with Crippen molar-refractivity contribution in [2.24, 2.45) is 5.92 Å². The Labute approximate surface area is 120 Å². The summed E-state index contributed by atoms with van der Waals surface area (Å²) in [7, 11) is 0. The van der Waals surface area contributed by atoms with Crippen molar-refractivity contribution in [2.75, 3.05) is 6.61 Å². The summed E-state index contributed by atoms with van der Waals surface area (Å²) in [5, 5.41) is 8.75. The van der Waals surface area contributed by atoms with E-state index in [1.165, 1.54) is 18.9 Å². The smallest absolute Gasteiger partial charge is 0.162 e. The Morgan fingerprint density at radius 2 is 1.75 bits per heavy atom. The van der Waals surface area contributed by atoms with Gasteiger partial charge in [0.15, 0.2) is 11.6 Å². The zero-order chi connectivity index (χ0) is 14.4. The Morgan fingerprint density at radius 1 is 1.00 bits per heavy atom. The maximum atomic E-state index is 13.8. The van der Waals surface area contributed by atoms with Gasteiger partial charge >= 0.3 is 0 Å². The minimum Gasteiger partial charge on any atom is -0.396 e. The fourth-order valence-corrected chi connectivity index (χ4v) is 3.32. The second kappa shape index (κ2) is 7.72. The first kappa shape index (κ1) is 15.4. The standard InChI is InChI=1S/C17H24F2O/c18-16-7-4-6-15(17(16)19)14-10-8-13(9-11-14)5-2-1-3-12-20/h4,6-7,13-14,20H,1-3,5,8-12H2. The molecule has 1 aromatic rings. The van der Waals surface area contributed by atoms with Gasteiger partial charge in [-0.3, -0.25) is 0 Å². The number of unbranched alkanes of at least 4 members (excludes halogenated alkanes) is 2. The lowest BCUT2D eigenvalue weighted by Gasteiger charge is -2.29. The van der Waals surface area contributed by atoms with Gasteiger partial charge < -0.3 is 5.11 Å². The zero-order valence-electron chi connectivity index (χ0n) is 12.0. The molecule has 0 saturated heterocycles. The van der Waals surface area contributed by atoms with Crippen LogP contribution in [-0.4, -0.2) is 11.7 Å². The highest BCUT2D eigenvalue weighted by Gasteiger charge is 2.24. The first-order valence-corrected chi connectivity index (χ1v) is 7.77. The Balaban J connectivity index is 1.80. The summed E-state index contributed by atoms with van der Waals surface area (Å²) < 4.78 is 27.0. The number of hydrogen-bond donors (Lipinski definition) is 1. The van der Waals surface area contributed by atoms with Crippen LogP contribution in [0.25, 0.3) is 0 Å². The van der Waals surface area contributed by atoms with Crippen LogP contribution in [0.5, 0.6) is 0 Å². The van der Waals surface area contributed by atoms with Gasteiger partial charge in [-0.15, -0.1) is 0 Å². The van der Waals surface area contributed by atoms with E-state index in [1.54, 1.807) is 12.1 Å². The molecule has 0 aliphatic heterocycles. The van der Waals surface area contributed by atoms with Gasteiger partial charge in [0.25, 0.3) is 0 Å². The monoisotopic (exact) mass is 282 g/mol. The molecule has 20 heavy (non-hydrogen) atoms. The average molecular weight is 282 g/mol. The van der Waals surface area contributed by atoms with E-state index in [2.05, 4.69) is 0 Å². The topological polar surface area (TPSA) is 20.2 Å². The van der Waals surface area contributed by atoms with Gasteiger partial charge in [0.1, 0.15) is 0 Å². The Bertz CT molecular complexity index is 411. The third kappa shape index (κ3) is 4.02. The number of hydrogen-bond acceptors (Lipinski definition) is 1. The Morgan fingerprint density at radius 3 is 2.45 bits per heavy atom. The lowest BCUT2D eigenvalue weighted by molar-refractivity contribution is 0.270. The molecular formula is C17H24F2O. The van der Waals surface area contributed by atoms with Crippen molar-refractivity contribution in [3.05, 3.63) is 35.4 Å². The lowest BCUT2D eigenvalue weighted by Crippen LogP contribution is -2.14. The van der Waals surface area contributed by atoms with Crippen LogP contribution in [-0.2, 0) is 0 Å². The number of benzene rings is 1. The zero-order valence-corrected chi connectivity index (χ0v) is 12.0. The molecule has 0 amide bonds. The van der Waals surface area contributed by atoms with E-state index < -0.39 is 11.6 Å². The molecule has 0 unspecified atom stereocenters. The maximum Gasteiger partial charge on any atom is 0.162 e. The summed E-state index contributed by atoms with van der Waals surface area (Å²) in [5.74, 6) is -0.478. The quantitative estimate of drug-likeness (QED) is 0.744. The van der Waals surface area contributed by atoms with Crippen LogP contribution < -0.4 is 0 Å². The Kier molecular flexibility index (Phi) is 5.96. The van der Waals surface area contributed by atoms with Crippen LogP contribution >= 0.6 is 0 Å². The molecular weight excluding hydrogens is 258 g/mol. The maximum absolute atomic E-state index is 13.8. The van der Waals surface area contributed by atoms with Gasteiger partial charge in [-0.1, -0.05) is 31.4 Å². The predicted molar refractivity (Wildman–Crippen MR) is 76.6 cm³/mol. The van der Waals surface area contributed by atoms with Crippen molar-refractivity contribution in [3.63, 3.8) is 0 Å². The van der Waals surface area contributed by atoms with Crippen molar-refractivity contribution in [1.29, 1.82) is 0 Å². The number of halogens is 2. The summed E-state index contributed by atoms with van der Waals surface area (Å²) in [5.41, 5.74) is 0.559. The van der Waals surface area contributed by atoms with Crippen LogP contribution in [0.1, 0.15) is 62.8 Å². The van der Waals surface area contributed by atoms with Crippen molar-refractivity contribution >= 4 is 0 Å². The van der Waals surface area contributed by atoms with Gasteiger partial charge in [-0.2, -0.15) is 0 Å². The first-order chi connectivity index (χ1) is 9.72. The van der Waals surface area contributed by atoms with Crippen LogP contribution in [0.2, 0.25) is 0 Å². The first-order valence-electron chi connectivity index (χ1n) is 7.77. The van der Waals surface area contributed by atoms with Gasteiger partial charge in [0.05, 0.1) is 0 Å². The van der Waals surface area contributed by atoms with E-state index in [9.17, 15) is 8.78 Å². The van der Waals surface area contributed by atoms with Crippen LogP contribution in [0.3, 0.4) is 0 Å². The summed E-state index contributed by atoms with van der Waals surface area (Å²) >= 11 is 0. The minimum absolute atomic E-state index is 0.180. The predicted octanol–water partition coefficient (Wildman–Crippen LogP) is 4.79. The molecule has 3 heteroatoms. The molecule has 1 saturated carbocycles. The van der Waals surface area contributed by atoms with Gasteiger partial charge in [0, 0.05) is 6.61 Å². The highest BCUT2D eigenvalue weighted by atomic mass is 19.2. The Hall–Kier alpha value is -0.960. The number of rotatable bonds is 6. The normalized spacial score (nSPS) is 22.9. The van der Waals surface area contributed by atoms with E-state index in [-0.39, 0.29) is 12.5 Å². The summed E-state index contributed by atoms with van der Waals surface area (Å²) in [6.07, 6.45) is 8.51. The van der Waals surface area contributed by atoms with Crippen LogP contribution in [0, 0.1) is 17.6 Å². The fraction of sp³-hybridized carbons (Fsp3) is 0.647. The van der Waals surface area contributed by atoms with Crippen LogP contribution in [0.4, 0.5) is 8.78 Å². The van der Waals surface area contributed by atoms with E-state index in [4.69, 9.17) is 5.11 Å². The van der Waals surface area contributed by atoms with E-state index in [1.807, 2.05) is 0 Å². The molecule has 1 aliphatic rings. The summed E-state index contributed by atoms with van der Waals surface area (Å²) in [4.78, 5) is 0. The van der Waals surface area contributed by atoms with Crippen LogP contribution in [0.15, 0.2) is 18.2 Å². The second-order valence-corrected chi connectivity index (χ2v) is 5.93. The highest BCUT2D eigenvalue weighted by Crippen LogP contribution is 2.38. The third-order valence-corrected chi connectivity index (χ3v) is 4.54. The van der Waals surface area contributed by atoms with Gasteiger partial charge in [-0.05, 0) is 55.6 Å². The third-order valence-electron chi connectivity index (χ3n) is 4.54. The van der Waals surface area contributed by atoms with Crippen molar-refractivity contribution in [1.82, 2.24) is 0 Å². The minimum atomic E-state index is -0.728. The van der Waals surface area contributed by atoms with Gasteiger partial charge in [0.2, 0.25) is 0 Å². The van der Waals surface area contributed by atoms with Gasteiger partial charge in [-0.25, -0.2) is 8.78 Å². The van der Waals surface area contributed by atoms with E-state index in [0.717, 1.165) is 44.4 Å². The van der Waals surface area contributed by atoms with E-state index >= 15 is 0 Å². The average Bonchev–Trinajstić information content (AvgIpc) is 2.47. The summed E-state index contributed by atoms with van der Waals surface area (Å²) in [6.45, 7) is 0.283. The molecule has 1 N–H and O–H groups in total. The largest absolute Gasteiger partial charge is 0.396 e. The molecule has 0 heterocycles. The molecule has 0 bridgehead atoms. The summed E-state index contributed by atoms with van der Waals surface area (Å²) in [6, 6.07) is 4.52. The SMILES string of the molecule is OCCCCCC1CCC(c2cccc(F)c2F)CC1. The fourth-order valence-electron chi connectivity index (χ4n) is 3.32. The molecule has 1 aromatic carbocycles. The number of aliphatic hydroxyl groups excluding tert-OH is 1. The molecule has 2 rings (SSSR count). The van der Waals surface area contributed by atoms with E-state index in [0.29, 0.717) is 5.56 Å². The van der Waals surface area contributed by atoms with Crippen molar-refractivity contribution in [3.8, 4) is 0 Å². The molecule has 112 valence electrons. The van der Waals surface area contributed by atoms with Crippen molar-refractivity contribution < 1.29 is 13.9 Å².